The van der Waals surface area contributed by atoms with Crippen molar-refractivity contribution in [1.82, 2.24) is 25.4 Å². The highest BCUT2D eigenvalue weighted by molar-refractivity contribution is 7.99. The Kier molecular flexibility index (Phi) is 4.53. The number of rotatable bonds is 6. The fraction of sp³-hybridized carbons (Fsp3) is 0.235. The van der Waals surface area contributed by atoms with Gasteiger partial charge in [-0.1, -0.05) is 0 Å². The predicted molar refractivity (Wildman–Crippen MR) is 98.5 cm³/mol. The molecule has 0 spiro atoms. The van der Waals surface area contributed by atoms with Crippen molar-refractivity contribution in [2.45, 2.75) is 35.7 Å². The molecule has 0 aliphatic heterocycles. The molecule has 1 fully saturated rings. The fourth-order valence-corrected chi connectivity index (χ4v) is 3.16. The molecule has 0 unspecified atom stereocenters. The third kappa shape index (κ3) is 4.17. The van der Waals surface area contributed by atoms with Crippen LogP contribution in [0.4, 0.5) is 17.3 Å². The molecule has 8 nitrogen and oxygen atoms in total. The highest BCUT2D eigenvalue weighted by atomic mass is 32.2. The quantitative estimate of drug-likeness (QED) is 0.613. The van der Waals surface area contributed by atoms with Crippen LogP contribution in [0.5, 0.6) is 0 Å². The zero-order chi connectivity index (χ0) is 17.9. The van der Waals surface area contributed by atoms with Crippen LogP contribution in [-0.2, 0) is 4.79 Å². The second kappa shape index (κ2) is 7.12. The van der Waals surface area contributed by atoms with Gasteiger partial charge in [-0.05, 0) is 48.9 Å². The van der Waals surface area contributed by atoms with E-state index in [-0.39, 0.29) is 5.91 Å². The van der Waals surface area contributed by atoms with E-state index in [1.807, 2.05) is 30.3 Å². The van der Waals surface area contributed by atoms with Crippen LogP contribution in [0.2, 0.25) is 0 Å². The van der Waals surface area contributed by atoms with E-state index in [4.69, 9.17) is 0 Å². The van der Waals surface area contributed by atoms with Gasteiger partial charge in [-0.3, -0.25) is 9.89 Å². The van der Waals surface area contributed by atoms with Gasteiger partial charge in [0.15, 0.2) is 11.6 Å². The molecule has 0 bridgehead atoms. The molecule has 1 aliphatic rings. The lowest BCUT2D eigenvalue weighted by atomic mass is 10.3. The van der Waals surface area contributed by atoms with Crippen LogP contribution in [0, 0.1) is 0 Å². The molecule has 0 radical (unpaired) electrons. The average molecular weight is 367 g/mol. The smallest absolute Gasteiger partial charge is 0.221 e. The summed E-state index contributed by atoms with van der Waals surface area (Å²) in [6.45, 7) is 1.48. The van der Waals surface area contributed by atoms with Crippen LogP contribution >= 0.6 is 11.8 Å². The number of benzene rings is 1. The number of H-pyrrole nitrogens is 1. The summed E-state index contributed by atoms with van der Waals surface area (Å²) in [7, 11) is 0. The fourth-order valence-electron chi connectivity index (χ4n) is 2.44. The first kappa shape index (κ1) is 16.5. The molecule has 2 heterocycles. The molecule has 9 heteroatoms. The molecule has 0 saturated heterocycles. The van der Waals surface area contributed by atoms with Crippen LogP contribution in [0.3, 0.4) is 0 Å². The molecule has 132 valence electrons. The van der Waals surface area contributed by atoms with Gasteiger partial charge in [-0.25, -0.2) is 4.98 Å². The summed E-state index contributed by atoms with van der Waals surface area (Å²) in [6, 6.07) is 9.47. The van der Waals surface area contributed by atoms with Crippen molar-refractivity contribution in [2.75, 3.05) is 10.6 Å². The molecular formula is C17H17N7OS. The topological polar surface area (TPSA) is 108 Å². The van der Waals surface area contributed by atoms with Crippen molar-refractivity contribution < 1.29 is 4.79 Å². The minimum Gasteiger partial charge on any atom is -0.326 e. The van der Waals surface area contributed by atoms with Crippen molar-refractivity contribution in [3.05, 3.63) is 42.2 Å². The molecule has 1 saturated carbocycles. The second-order valence-electron chi connectivity index (χ2n) is 6.04. The molecular weight excluding hydrogens is 350 g/mol. The third-order valence-electron chi connectivity index (χ3n) is 3.79. The number of hydrogen-bond donors (Lipinski definition) is 3. The van der Waals surface area contributed by atoms with E-state index in [9.17, 15) is 4.79 Å². The van der Waals surface area contributed by atoms with E-state index < -0.39 is 0 Å². The van der Waals surface area contributed by atoms with Crippen LogP contribution in [0.1, 0.15) is 31.4 Å². The number of hydrogen-bond acceptors (Lipinski definition) is 7. The lowest BCUT2D eigenvalue weighted by Crippen LogP contribution is -2.05. The molecule has 0 atom stereocenters. The zero-order valence-electron chi connectivity index (χ0n) is 14.1. The number of anilines is 3. The van der Waals surface area contributed by atoms with Crippen molar-refractivity contribution in [3.8, 4) is 0 Å². The Labute approximate surface area is 154 Å². The number of carbonyl (C=O) groups excluding carboxylic acids is 1. The normalized spacial score (nSPS) is 13.4. The Morgan fingerprint density at radius 2 is 2.04 bits per heavy atom. The molecule has 3 N–H and O–H groups in total. The standard InChI is InChI=1S/C17H17N7OS/c1-10(25)19-12-4-6-13(7-5-12)26-17-21-16(9-18-24-17)20-15-8-14(22-23-15)11-2-3-11/h4-9,11H,2-3H2,1H3,(H,19,25)(H2,20,21,22,23,24). The largest absolute Gasteiger partial charge is 0.326 e. The summed E-state index contributed by atoms with van der Waals surface area (Å²) in [5, 5.41) is 21.8. The van der Waals surface area contributed by atoms with E-state index in [1.54, 1.807) is 6.20 Å². The number of carbonyl (C=O) groups is 1. The SMILES string of the molecule is CC(=O)Nc1ccc(Sc2nncc(Nc3cc(C4CC4)[nH]n3)n2)cc1. The summed E-state index contributed by atoms with van der Waals surface area (Å²) >= 11 is 1.39. The number of nitrogens with zero attached hydrogens (tertiary/aromatic N) is 4. The summed E-state index contributed by atoms with van der Waals surface area (Å²) in [4.78, 5) is 16.5. The van der Waals surface area contributed by atoms with Crippen molar-refractivity contribution in [2.24, 2.45) is 0 Å². The van der Waals surface area contributed by atoms with Gasteiger partial charge in [0.05, 0.1) is 6.20 Å². The summed E-state index contributed by atoms with van der Waals surface area (Å²) in [5.41, 5.74) is 1.91. The zero-order valence-corrected chi connectivity index (χ0v) is 14.9. The van der Waals surface area contributed by atoms with Gasteiger partial charge in [0.25, 0.3) is 0 Å². The predicted octanol–water partition coefficient (Wildman–Crippen LogP) is 3.33. The van der Waals surface area contributed by atoms with Crippen molar-refractivity contribution >= 4 is 35.0 Å². The van der Waals surface area contributed by atoms with Crippen LogP contribution in [0.25, 0.3) is 0 Å². The number of aromatic nitrogens is 5. The summed E-state index contributed by atoms with van der Waals surface area (Å²) in [5.74, 6) is 1.84. The summed E-state index contributed by atoms with van der Waals surface area (Å²) in [6.07, 6.45) is 4.01. The molecule has 1 aliphatic carbocycles. The minimum absolute atomic E-state index is 0.0973. The first-order valence-electron chi connectivity index (χ1n) is 8.23. The molecule has 2 aromatic heterocycles. The van der Waals surface area contributed by atoms with Crippen molar-refractivity contribution in [1.29, 1.82) is 0 Å². The van der Waals surface area contributed by atoms with Gasteiger partial charge in [0.1, 0.15) is 0 Å². The van der Waals surface area contributed by atoms with Gasteiger partial charge in [-0.15, -0.1) is 5.10 Å². The number of aromatic amines is 1. The average Bonchev–Trinajstić information content (AvgIpc) is 3.37. The molecule has 26 heavy (non-hydrogen) atoms. The van der Waals surface area contributed by atoms with E-state index >= 15 is 0 Å². The first-order valence-corrected chi connectivity index (χ1v) is 9.05. The van der Waals surface area contributed by atoms with E-state index in [0.717, 1.165) is 22.1 Å². The highest BCUT2D eigenvalue weighted by Crippen LogP contribution is 2.39. The highest BCUT2D eigenvalue weighted by Gasteiger charge is 2.25. The van der Waals surface area contributed by atoms with Gasteiger partial charge < -0.3 is 10.6 Å². The van der Waals surface area contributed by atoms with Gasteiger partial charge in [0.2, 0.25) is 11.1 Å². The maximum atomic E-state index is 11.1. The van der Waals surface area contributed by atoms with E-state index in [1.165, 1.54) is 31.5 Å². The van der Waals surface area contributed by atoms with Gasteiger partial charge >= 0.3 is 0 Å². The Bertz CT molecular complexity index is 921. The molecule has 3 aromatic rings. The maximum absolute atomic E-state index is 11.1. The first-order chi connectivity index (χ1) is 12.7. The Hall–Kier alpha value is -2.94. The Morgan fingerprint density at radius 3 is 2.77 bits per heavy atom. The maximum Gasteiger partial charge on any atom is 0.221 e. The lowest BCUT2D eigenvalue weighted by molar-refractivity contribution is -0.114. The van der Waals surface area contributed by atoms with Gasteiger partial charge in [0, 0.05) is 35.2 Å². The van der Waals surface area contributed by atoms with Crippen molar-refractivity contribution in [3.63, 3.8) is 0 Å². The van der Waals surface area contributed by atoms with Crippen LogP contribution < -0.4 is 10.6 Å². The monoisotopic (exact) mass is 367 g/mol. The van der Waals surface area contributed by atoms with E-state index in [0.29, 0.717) is 16.9 Å². The summed E-state index contributed by atoms with van der Waals surface area (Å²) < 4.78 is 0. The van der Waals surface area contributed by atoms with E-state index in [2.05, 4.69) is 36.0 Å². The minimum atomic E-state index is -0.0973. The molecule has 1 aromatic carbocycles. The molecule has 4 rings (SSSR count). The number of amides is 1. The lowest BCUT2D eigenvalue weighted by Gasteiger charge is -2.05. The van der Waals surface area contributed by atoms with Gasteiger partial charge in [-0.2, -0.15) is 10.2 Å². The molecule has 1 amide bonds. The Morgan fingerprint density at radius 1 is 1.23 bits per heavy atom. The Balaban J connectivity index is 1.42. The van der Waals surface area contributed by atoms with Crippen LogP contribution in [0.15, 0.2) is 46.6 Å². The third-order valence-corrected chi connectivity index (χ3v) is 4.66. The van der Waals surface area contributed by atoms with Crippen LogP contribution in [-0.4, -0.2) is 31.3 Å². The second-order valence-corrected chi connectivity index (χ2v) is 7.08. The number of nitrogens with one attached hydrogen (secondary N) is 3.